The summed E-state index contributed by atoms with van der Waals surface area (Å²) in [6.45, 7) is 0.461. The molecular weight excluding hydrogens is 202 g/mol. The molecule has 0 saturated heterocycles. The Morgan fingerprint density at radius 1 is 1.44 bits per heavy atom. The molecule has 0 aliphatic heterocycles. The van der Waals surface area contributed by atoms with Gasteiger partial charge in [-0.1, -0.05) is 24.3 Å². The molecule has 3 nitrogen and oxygen atoms in total. The summed E-state index contributed by atoms with van der Waals surface area (Å²) in [5, 5.41) is 9.09. The average Bonchev–Trinajstić information content (AvgIpc) is 2.30. The Morgan fingerprint density at radius 2 is 2.06 bits per heavy atom. The van der Waals surface area contributed by atoms with Gasteiger partial charge in [0.1, 0.15) is 0 Å². The van der Waals surface area contributed by atoms with E-state index in [-0.39, 0.29) is 0 Å². The molecule has 0 aliphatic rings. The van der Waals surface area contributed by atoms with Gasteiger partial charge in [-0.3, -0.25) is 4.79 Å². The average molecular weight is 217 g/mol. The first kappa shape index (κ1) is 12.3. The van der Waals surface area contributed by atoms with E-state index in [9.17, 15) is 4.79 Å². The molecule has 1 aromatic carbocycles. The van der Waals surface area contributed by atoms with Crippen molar-refractivity contribution < 1.29 is 9.90 Å². The fourth-order valence-electron chi connectivity index (χ4n) is 1.55. The second-order valence-electron chi connectivity index (χ2n) is 3.58. The van der Waals surface area contributed by atoms with Crippen LogP contribution in [0.1, 0.15) is 29.9 Å². The van der Waals surface area contributed by atoms with Gasteiger partial charge in [0.25, 0.3) is 0 Å². The summed E-state index contributed by atoms with van der Waals surface area (Å²) < 4.78 is 0. The first-order valence-corrected chi connectivity index (χ1v) is 5.14. The lowest BCUT2D eigenvalue weighted by molar-refractivity contribution is -0.138. The standard InChI is InChI=1S/C13H15NO2/c1-2-3-4-12(13(15)16)11-7-5-10(9-14)6-8-11/h1,5-8,12H,3-4,9,14H2,(H,15,16)/t12-/m0/s1. The molecule has 84 valence electrons. The van der Waals surface area contributed by atoms with Crippen LogP contribution in [0.3, 0.4) is 0 Å². The number of carboxylic acid groups (broad SMARTS) is 1. The van der Waals surface area contributed by atoms with Crippen molar-refractivity contribution in [1.82, 2.24) is 0 Å². The van der Waals surface area contributed by atoms with Crippen LogP contribution in [-0.2, 0) is 11.3 Å². The molecule has 1 rings (SSSR count). The molecule has 1 atom stereocenters. The Labute approximate surface area is 95.3 Å². The monoisotopic (exact) mass is 217 g/mol. The topological polar surface area (TPSA) is 63.3 Å². The number of rotatable bonds is 5. The van der Waals surface area contributed by atoms with Crippen LogP contribution >= 0.6 is 0 Å². The molecule has 16 heavy (non-hydrogen) atoms. The van der Waals surface area contributed by atoms with E-state index in [0.717, 1.165) is 11.1 Å². The highest BCUT2D eigenvalue weighted by atomic mass is 16.4. The highest BCUT2D eigenvalue weighted by molar-refractivity contribution is 5.76. The van der Waals surface area contributed by atoms with Gasteiger partial charge in [-0.05, 0) is 17.5 Å². The number of terminal acetylenes is 1. The van der Waals surface area contributed by atoms with Gasteiger partial charge in [0.15, 0.2) is 0 Å². The number of carbonyl (C=O) groups is 1. The van der Waals surface area contributed by atoms with Gasteiger partial charge >= 0.3 is 5.97 Å². The van der Waals surface area contributed by atoms with Crippen LogP contribution in [0.4, 0.5) is 0 Å². The van der Waals surface area contributed by atoms with Crippen molar-refractivity contribution in [2.45, 2.75) is 25.3 Å². The molecule has 0 bridgehead atoms. The first-order chi connectivity index (χ1) is 7.69. The summed E-state index contributed by atoms with van der Waals surface area (Å²) in [5.74, 6) is 1.10. The van der Waals surface area contributed by atoms with Crippen LogP contribution in [0.2, 0.25) is 0 Å². The largest absolute Gasteiger partial charge is 0.481 e. The second-order valence-corrected chi connectivity index (χ2v) is 3.58. The van der Waals surface area contributed by atoms with Gasteiger partial charge in [0.2, 0.25) is 0 Å². The number of benzene rings is 1. The minimum Gasteiger partial charge on any atom is -0.481 e. The third kappa shape index (κ3) is 3.11. The van der Waals surface area contributed by atoms with Crippen LogP contribution in [0.15, 0.2) is 24.3 Å². The van der Waals surface area contributed by atoms with Crippen molar-refractivity contribution >= 4 is 5.97 Å². The molecule has 0 radical (unpaired) electrons. The Kier molecular flexibility index (Phi) is 4.56. The lowest BCUT2D eigenvalue weighted by atomic mass is 9.94. The molecular formula is C13H15NO2. The van der Waals surface area contributed by atoms with Gasteiger partial charge in [-0.15, -0.1) is 12.3 Å². The third-order valence-corrected chi connectivity index (χ3v) is 2.49. The van der Waals surface area contributed by atoms with Gasteiger partial charge in [-0.2, -0.15) is 0 Å². The maximum atomic E-state index is 11.1. The Bertz CT molecular complexity index is 389. The Balaban J connectivity index is 2.84. The number of aliphatic carboxylic acids is 1. The summed E-state index contributed by atoms with van der Waals surface area (Å²) in [4.78, 5) is 11.1. The molecule has 0 aliphatic carbocycles. The van der Waals surface area contributed by atoms with E-state index < -0.39 is 11.9 Å². The summed E-state index contributed by atoms with van der Waals surface area (Å²) >= 11 is 0. The third-order valence-electron chi connectivity index (χ3n) is 2.49. The van der Waals surface area contributed by atoms with E-state index >= 15 is 0 Å². The van der Waals surface area contributed by atoms with Crippen LogP contribution in [0.5, 0.6) is 0 Å². The van der Waals surface area contributed by atoms with E-state index in [4.69, 9.17) is 17.3 Å². The molecule has 0 fully saturated rings. The van der Waals surface area contributed by atoms with E-state index in [2.05, 4.69) is 5.92 Å². The predicted octanol–water partition coefficient (Wildman–Crippen LogP) is 1.73. The summed E-state index contributed by atoms with van der Waals surface area (Å²) in [6, 6.07) is 7.30. The van der Waals surface area contributed by atoms with Gasteiger partial charge in [0, 0.05) is 13.0 Å². The van der Waals surface area contributed by atoms with Gasteiger partial charge < -0.3 is 10.8 Å². The normalized spacial score (nSPS) is 11.8. The van der Waals surface area contributed by atoms with Crippen LogP contribution in [0, 0.1) is 12.3 Å². The van der Waals surface area contributed by atoms with E-state index in [1.165, 1.54) is 0 Å². The minimum absolute atomic E-state index is 0.461. The molecule has 0 saturated carbocycles. The fraction of sp³-hybridized carbons (Fsp3) is 0.308. The first-order valence-electron chi connectivity index (χ1n) is 5.14. The lowest BCUT2D eigenvalue weighted by Crippen LogP contribution is -2.11. The zero-order valence-electron chi connectivity index (χ0n) is 9.02. The van der Waals surface area contributed by atoms with Crippen LogP contribution in [-0.4, -0.2) is 11.1 Å². The van der Waals surface area contributed by atoms with Gasteiger partial charge in [-0.25, -0.2) is 0 Å². The maximum absolute atomic E-state index is 11.1. The summed E-state index contributed by atoms with van der Waals surface area (Å²) in [5.41, 5.74) is 7.24. The Morgan fingerprint density at radius 3 is 2.50 bits per heavy atom. The predicted molar refractivity (Wildman–Crippen MR) is 62.8 cm³/mol. The number of nitrogens with two attached hydrogens (primary N) is 1. The molecule has 3 N–H and O–H groups in total. The zero-order valence-corrected chi connectivity index (χ0v) is 9.02. The van der Waals surface area contributed by atoms with Crippen molar-refractivity contribution in [2.75, 3.05) is 0 Å². The quantitative estimate of drug-likeness (QED) is 0.738. The Hall–Kier alpha value is -1.79. The van der Waals surface area contributed by atoms with Gasteiger partial charge in [0.05, 0.1) is 5.92 Å². The van der Waals surface area contributed by atoms with Crippen molar-refractivity contribution in [3.05, 3.63) is 35.4 Å². The van der Waals surface area contributed by atoms with Crippen molar-refractivity contribution in [3.8, 4) is 12.3 Å². The van der Waals surface area contributed by atoms with E-state index in [1.807, 2.05) is 12.1 Å². The SMILES string of the molecule is C#CCC[C@H](C(=O)O)c1ccc(CN)cc1. The molecule has 0 spiro atoms. The zero-order chi connectivity index (χ0) is 12.0. The van der Waals surface area contributed by atoms with Crippen molar-refractivity contribution in [2.24, 2.45) is 5.73 Å². The molecule has 3 heteroatoms. The number of carboxylic acids is 1. The summed E-state index contributed by atoms with van der Waals surface area (Å²) in [7, 11) is 0. The molecule has 0 aromatic heterocycles. The molecule has 1 aromatic rings. The van der Waals surface area contributed by atoms with Crippen LogP contribution < -0.4 is 5.73 Å². The van der Waals surface area contributed by atoms with E-state index in [0.29, 0.717) is 19.4 Å². The highest BCUT2D eigenvalue weighted by Crippen LogP contribution is 2.21. The fourth-order valence-corrected chi connectivity index (χ4v) is 1.55. The molecule has 0 heterocycles. The second kappa shape index (κ2) is 5.94. The van der Waals surface area contributed by atoms with Crippen molar-refractivity contribution in [3.63, 3.8) is 0 Å². The smallest absolute Gasteiger partial charge is 0.311 e. The maximum Gasteiger partial charge on any atom is 0.311 e. The molecule has 0 unspecified atom stereocenters. The highest BCUT2D eigenvalue weighted by Gasteiger charge is 2.18. The minimum atomic E-state index is -0.837. The van der Waals surface area contributed by atoms with Crippen molar-refractivity contribution in [1.29, 1.82) is 0 Å². The lowest BCUT2D eigenvalue weighted by Gasteiger charge is -2.11. The van der Waals surface area contributed by atoms with Crippen LogP contribution in [0.25, 0.3) is 0 Å². The summed E-state index contributed by atoms with van der Waals surface area (Å²) in [6.07, 6.45) is 6.08. The molecule has 0 amide bonds. The number of hydrogen-bond acceptors (Lipinski definition) is 2. The van der Waals surface area contributed by atoms with E-state index in [1.54, 1.807) is 12.1 Å². The number of hydrogen-bond donors (Lipinski definition) is 2.